The molecule has 3 nitrogen and oxygen atoms in total. The molecule has 2 aromatic rings. The van der Waals surface area contributed by atoms with E-state index in [-0.39, 0.29) is 6.04 Å². The van der Waals surface area contributed by atoms with Crippen molar-refractivity contribution in [3.63, 3.8) is 0 Å². The third kappa shape index (κ3) is 2.32. The third-order valence-corrected chi connectivity index (χ3v) is 3.78. The third-order valence-electron chi connectivity index (χ3n) is 3.12. The number of furan rings is 1. The Bertz CT molecular complexity index is 570. The summed E-state index contributed by atoms with van der Waals surface area (Å²) in [5.41, 5.74) is 1.13. The first-order valence-electron chi connectivity index (χ1n) is 5.74. The van der Waals surface area contributed by atoms with Crippen LogP contribution < -0.4 is 5.32 Å². The molecule has 1 N–H and O–H groups in total. The molecule has 96 valence electrons. The number of halogens is 3. The molecule has 3 heterocycles. The van der Waals surface area contributed by atoms with Gasteiger partial charge in [0.05, 0.1) is 6.04 Å². The summed E-state index contributed by atoms with van der Waals surface area (Å²) in [6, 6.07) is 4.04. The highest BCUT2D eigenvalue weighted by molar-refractivity contribution is 6.66. The molecule has 1 saturated heterocycles. The lowest BCUT2D eigenvalue weighted by Crippen LogP contribution is -2.11. The number of hydrogen-bond acceptors (Lipinski definition) is 3. The van der Waals surface area contributed by atoms with Crippen molar-refractivity contribution in [1.29, 1.82) is 0 Å². The van der Waals surface area contributed by atoms with Gasteiger partial charge in [0.1, 0.15) is 5.76 Å². The maximum atomic E-state index is 5.84. The van der Waals surface area contributed by atoms with E-state index in [0.717, 1.165) is 30.5 Å². The number of alkyl halides is 3. The van der Waals surface area contributed by atoms with Crippen molar-refractivity contribution in [1.82, 2.24) is 10.3 Å². The Morgan fingerprint density at radius 2 is 2.17 bits per heavy atom. The van der Waals surface area contributed by atoms with Gasteiger partial charge in [-0.1, -0.05) is 34.8 Å². The Kier molecular flexibility index (Phi) is 3.18. The summed E-state index contributed by atoms with van der Waals surface area (Å²) in [6.07, 6.45) is 3.77. The van der Waals surface area contributed by atoms with E-state index in [1.165, 1.54) is 6.20 Å². The lowest BCUT2D eigenvalue weighted by Gasteiger charge is -2.09. The fourth-order valence-corrected chi connectivity index (χ4v) is 2.52. The molecule has 2 aromatic heterocycles. The van der Waals surface area contributed by atoms with E-state index >= 15 is 0 Å². The number of pyridine rings is 1. The van der Waals surface area contributed by atoms with Crippen LogP contribution in [-0.2, 0) is 3.79 Å². The monoisotopic (exact) mass is 304 g/mol. The fourth-order valence-electron chi connectivity index (χ4n) is 2.21. The summed E-state index contributed by atoms with van der Waals surface area (Å²) in [5, 5.41) is 4.24. The van der Waals surface area contributed by atoms with Crippen molar-refractivity contribution >= 4 is 45.9 Å². The summed E-state index contributed by atoms with van der Waals surface area (Å²) < 4.78 is 4.26. The summed E-state index contributed by atoms with van der Waals surface area (Å²) in [6.45, 7) is 1.02. The second-order valence-corrected chi connectivity index (χ2v) is 6.70. The van der Waals surface area contributed by atoms with Gasteiger partial charge >= 0.3 is 0 Å². The second kappa shape index (κ2) is 4.57. The van der Waals surface area contributed by atoms with E-state index in [0.29, 0.717) is 11.3 Å². The van der Waals surface area contributed by atoms with Crippen LogP contribution in [0, 0.1) is 0 Å². The van der Waals surface area contributed by atoms with Crippen LogP contribution in [-0.4, -0.2) is 11.5 Å². The molecule has 1 fully saturated rings. The predicted octanol–water partition coefficient (Wildman–Crippen LogP) is 4.08. The van der Waals surface area contributed by atoms with E-state index < -0.39 is 3.79 Å². The van der Waals surface area contributed by atoms with Gasteiger partial charge in [0, 0.05) is 17.1 Å². The van der Waals surface area contributed by atoms with Crippen molar-refractivity contribution in [3.8, 4) is 0 Å². The van der Waals surface area contributed by atoms with E-state index in [1.807, 2.05) is 6.07 Å². The first-order chi connectivity index (χ1) is 8.54. The van der Waals surface area contributed by atoms with Crippen molar-refractivity contribution in [2.75, 3.05) is 6.54 Å². The van der Waals surface area contributed by atoms with E-state index in [1.54, 1.807) is 6.07 Å². The first-order valence-corrected chi connectivity index (χ1v) is 6.87. The number of rotatable bonds is 1. The van der Waals surface area contributed by atoms with Crippen LogP contribution in [0.3, 0.4) is 0 Å². The molecular formula is C12H11Cl3N2O. The summed E-state index contributed by atoms with van der Waals surface area (Å²) in [4.78, 5) is 4.19. The van der Waals surface area contributed by atoms with Crippen molar-refractivity contribution < 1.29 is 4.42 Å². The molecule has 18 heavy (non-hydrogen) atoms. The predicted molar refractivity (Wildman–Crippen MR) is 73.2 cm³/mol. The minimum Gasteiger partial charge on any atom is -0.441 e. The van der Waals surface area contributed by atoms with E-state index in [4.69, 9.17) is 39.2 Å². The van der Waals surface area contributed by atoms with Crippen LogP contribution in [0.25, 0.3) is 11.1 Å². The largest absolute Gasteiger partial charge is 0.441 e. The van der Waals surface area contributed by atoms with Gasteiger partial charge in [0.15, 0.2) is 0 Å². The van der Waals surface area contributed by atoms with Crippen molar-refractivity contribution in [3.05, 3.63) is 29.7 Å². The Labute approximate surface area is 119 Å². The molecular weight excluding hydrogens is 295 g/mol. The zero-order chi connectivity index (χ0) is 12.8. The molecule has 0 unspecified atom stereocenters. The van der Waals surface area contributed by atoms with Crippen LogP contribution in [0.1, 0.15) is 30.2 Å². The molecule has 0 saturated carbocycles. The number of fused-ring (bicyclic) bond motifs is 1. The fraction of sp³-hybridized carbons (Fsp3) is 0.417. The summed E-state index contributed by atoms with van der Waals surface area (Å²) >= 11 is 17.5. The highest BCUT2D eigenvalue weighted by atomic mass is 35.6. The molecule has 1 aliphatic rings. The zero-order valence-corrected chi connectivity index (χ0v) is 11.7. The van der Waals surface area contributed by atoms with Crippen LogP contribution in [0.5, 0.6) is 0 Å². The summed E-state index contributed by atoms with van der Waals surface area (Å²) in [7, 11) is 0. The van der Waals surface area contributed by atoms with E-state index in [9.17, 15) is 0 Å². The van der Waals surface area contributed by atoms with Crippen LogP contribution in [0.15, 0.2) is 22.7 Å². The minimum absolute atomic E-state index is 0.274. The average Bonchev–Trinajstić information content (AvgIpc) is 2.95. The molecule has 6 heteroatoms. The van der Waals surface area contributed by atoms with Crippen molar-refractivity contribution in [2.24, 2.45) is 0 Å². The second-order valence-electron chi connectivity index (χ2n) is 4.41. The van der Waals surface area contributed by atoms with Crippen LogP contribution in [0.2, 0.25) is 0 Å². The van der Waals surface area contributed by atoms with Gasteiger partial charge < -0.3 is 9.73 Å². The van der Waals surface area contributed by atoms with Gasteiger partial charge in [-0.25, -0.2) is 4.98 Å². The Balaban J connectivity index is 2.01. The molecule has 3 rings (SSSR count). The molecule has 0 amide bonds. The van der Waals surface area contributed by atoms with Crippen LogP contribution >= 0.6 is 34.8 Å². The van der Waals surface area contributed by atoms with Gasteiger partial charge in [-0.15, -0.1) is 0 Å². The molecule has 1 atom stereocenters. The normalized spacial score (nSPS) is 20.7. The van der Waals surface area contributed by atoms with Gasteiger partial charge in [0.2, 0.25) is 9.51 Å². The quantitative estimate of drug-likeness (QED) is 0.807. The number of hydrogen-bond donors (Lipinski definition) is 1. The lowest BCUT2D eigenvalue weighted by molar-refractivity contribution is 0.465. The number of aromatic nitrogens is 1. The number of nitrogens with zero attached hydrogens (tertiary/aromatic N) is 1. The van der Waals surface area contributed by atoms with Gasteiger partial charge in [0.25, 0.3) is 0 Å². The van der Waals surface area contributed by atoms with E-state index in [2.05, 4.69) is 10.3 Å². The molecule has 0 aromatic carbocycles. The topological polar surface area (TPSA) is 38.1 Å². The smallest absolute Gasteiger partial charge is 0.226 e. The first kappa shape index (κ1) is 12.5. The molecule has 1 aliphatic heterocycles. The molecule has 0 bridgehead atoms. The summed E-state index contributed by atoms with van der Waals surface area (Å²) in [5.74, 6) is 0.900. The Morgan fingerprint density at radius 1 is 1.33 bits per heavy atom. The molecule has 0 aliphatic carbocycles. The lowest BCUT2D eigenvalue weighted by atomic mass is 10.1. The maximum Gasteiger partial charge on any atom is 0.226 e. The Hall–Kier alpha value is -0.480. The SMILES string of the molecule is ClC(Cl)(Cl)c1cnc2oc([C@@H]3CCCN3)cc2c1. The molecule has 0 spiro atoms. The Morgan fingerprint density at radius 3 is 2.83 bits per heavy atom. The number of nitrogens with one attached hydrogen (secondary N) is 1. The zero-order valence-electron chi connectivity index (χ0n) is 9.42. The highest BCUT2D eigenvalue weighted by Crippen LogP contribution is 2.39. The highest BCUT2D eigenvalue weighted by Gasteiger charge is 2.25. The average molecular weight is 306 g/mol. The van der Waals surface area contributed by atoms with Crippen molar-refractivity contribution in [2.45, 2.75) is 22.7 Å². The molecule has 0 radical (unpaired) electrons. The van der Waals surface area contributed by atoms with Gasteiger partial charge in [-0.05, 0) is 31.5 Å². The van der Waals surface area contributed by atoms with Crippen LogP contribution in [0.4, 0.5) is 0 Å². The minimum atomic E-state index is -1.45. The van der Waals surface area contributed by atoms with Gasteiger partial charge in [-0.2, -0.15) is 0 Å². The maximum absolute atomic E-state index is 5.84. The van der Waals surface area contributed by atoms with Gasteiger partial charge in [-0.3, -0.25) is 0 Å². The standard InChI is InChI=1S/C12H11Cl3N2O/c13-12(14,15)8-4-7-5-10(9-2-1-3-16-9)18-11(7)17-6-8/h4-6,9,16H,1-3H2/t9-/m0/s1.